The predicted molar refractivity (Wildman–Crippen MR) is 111 cm³/mol. The van der Waals surface area contributed by atoms with E-state index >= 15 is 0 Å². The van der Waals surface area contributed by atoms with Gasteiger partial charge in [-0.1, -0.05) is 41.0 Å². The van der Waals surface area contributed by atoms with Gasteiger partial charge in [0.05, 0.1) is 5.02 Å². The Hall–Kier alpha value is -2.20. The van der Waals surface area contributed by atoms with Gasteiger partial charge in [0.25, 0.3) is 15.9 Å². The third-order valence-corrected chi connectivity index (χ3v) is 8.42. The Morgan fingerprint density at radius 3 is 2.52 bits per heavy atom. The van der Waals surface area contributed by atoms with Crippen molar-refractivity contribution in [1.29, 1.82) is 0 Å². The van der Waals surface area contributed by atoms with Crippen LogP contribution in [-0.4, -0.2) is 54.9 Å². The minimum Gasteiger partial charge on any atom is -0.360 e. The van der Waals surface area contributed by atoms with Crippen LogP contribution in [0.5, 0.6) is 0 Å². The number of carbonyl (C=O) groups excluding carboxylic acids is 1. The maximum Gasteiger partial charge on any atom is 0.259 e. The Kier molecular flexibility index (Phi) is 5.48. The number of thiophene rings is 1. The second-order valence-electron chi connectivity index (χ2n) is 6.57. The zero-order valence-corrected chi connectivity index (χ0v) is 17.9. The van der Waals surface area contributed by atoms with Gasteiger partial charge in [0.1, 0.15) is 21.2 Å². The molecule has 0 bridgehead atoms. The van der Waals surface area contributed by atoms with Crippen molar-refractivity contribution in [3.63, 3.8) is 0 Å². The van der Waals surface area contributed by atoms with Crippen LogP contribution in [0.15, 0.2) is 50.5 Å². The number of benzene rings is 1. The normalized spacial score (nSPS) is 15.6. The number of aromatic nitrogens is 1. The number of piperazine rings is 1. The van der Waals surface area contributed by atoms with Gasteiger partial charge < -0.3 is 9.42 Å². The summed E-state index contributed by atoms with van der Waals surface area (Å²) in [6.07, 6.45) is 0. The number of hydrogen-bond donors (Lipinski definition) is 0. The Balaban J connectivity index is 1.54. The van der Waals surface area contributed by atoms with E-state index in [2.05, 4.69) is 5.16 Å². The largest absolute Gasteiger partial charge is 0.360 e. The lowest BCUT2D eigenvalue weighted by Crippen LogP contribution is -2.50. The van der Waals surface area contributed by atoms with Crippen molar-refractivity contribution in [3.8, 4) is 11.3 Å². The molecule has 1 aromatic carbocycles. The van der Waals surface area contributed by atoms with Crippen LogP contribution in [0.3, 0.4) is 0 Å². The molecule has 1 saturated heterocycles. The third-order valence-electron chi connectivity index (χ3n) is 4.82. The fraction of sp³-hybridized carbons (Fsp3) is 0.263. The molecule has 29 heavy (non-hydrogen) atoms. The maximum absolute atomic E-state index is 13.2. The van der Waals surface area contributed by atoms with E-state index in [9.17, 15) is 13.2 Å². The molecule has 0 N–H and O–H groups in total. The van der Waals surface area contributed by atoms with Gasteiger partial charge in [-0.15, -0.1) is 11.3 Å². The van der Waals surface area contributed by atoms with E-state index in [1.165, 1.54) is 15.6 Å². The topological polar surface area (TPSA) is 83.7 Å². The molecule has 7 nitrogen and oxygen atoms in total. The number of carbonyl (C=O) groups is 1. The van der Waals surface area contributed by atoms with Gasteiger partial charge >= 0.3 is 0 Å². The van der Waals surface area contributed by atoms with Crippen LogP contribution in [-0.2, 0) is 10.0 Å². The molecule has 2 aromatic heterocycles. The first-order valence-corrected chi connectivity index (χ1v) is 11.6. The third kappa shape index (κ3) is 3.71. The summed E-state index contributed by atoms with van der Waals surface area (Å²) in [5, 5.41) is 6.25. The van der Waals surface area contributed by atoms with Crippen LogP contribution < -0.4 is 0 Å². The van der Waals surface area contributed by atoms with Crippen LogP contribution in [0, 0.1) is 6.92 Å². The average Bonchev–Trinajstić information content (AvgIpc) is 3.38. The van der Waals surface area contributed by atoms with Crippen molar-refractivity contribution in [2.24, 2.45) is 0 Å². The summed E-state index contributed by atoms with van der Waals surface area (Å²) in [4.78, 5) is 14.8. The Bertz CT molecular complexity index is 1130. The molecule has 0 radical (unpaired) electrons. The van der Waals surface area contributed by atoms with E-state index < -0.39 is 10.0 Å². The number of aryl methyl sites for hydroxylation is 1. The van der Waals surface area contributed by atoms with Crippen molar-refractivity contribution in [2.45, 2.75) is 11.1 Å². The van der Waals surface area contributed by atoms with Crippen LogP contribution in [0.2, 0.25) is 5.02 Å². The highest BCUT2D eigenvalue weighted by Crippen LogP contribution is 2.32. The smallest absolute Gasteiger partial charge is 0.259 e. The number of sulfonamides is 1. The highest BCUT2D eigenvalue weighted by molar-refractivity contribution is 7.91. The number of hydrogen-bond acceptors (Lipinski definition) is 6. The molecule has 1 aliphatic heterocycles. The zero-order valence-electron chi connectivity index (χ0n) is 15.5. The molecule has 0 spiro atoms. The number of amides is 1. The number of nitrogens with zero attached hydrogens (tertiary/aromatic N) is 3. The Morgan fingerprint density at radius 2 is 1.86 bits per heavy atom. The minimum absolute atomic E-state index is 0.234. The first kappa shape index (κ1) is 20.1. The second-order valence-corrected chi connectivity index (χ2v) is 10.1. The minimum atomic E-state index is -3.52. The molecule has 1 aliphatic rings. The molecule has 3 aromatic rings. The summed E-state index contributed by atoms with van der Waals surface area (Å²) in [5.41, 5.74) is 1.37. The van der Waals surface area contributed by atoms with E-state index in [1.807, 2.05) is 6.07 Å². The van der Waals surface area contributed by atoms with Crippen molar-refractivity contribution in [3.05, 3.63) is 58.1 Å². The summed E-state index contributed by atoms with van der Waals surface area (Å²) in [6.45, 7) is 2.72. The second kappa shape index (κ2) is 7.91. The predicted octanol–water partition coefficient (Wildman–Crippen LogP) is 3.51. The summed E-state index contributed by atoms with van der Waals surface area (Å²) < 4.78 is 32.4. The van der Waals surface area contributed by atoms with Gasteiger partial charge in [0, 0.05) is 31.7 Å². The SMILES string of the molecule is Cc1onc(-c2ccccc2Cl)c1C(=O)N1CCN(S(=O)(=O)c2cccs2)CC1. The van der Waals surface area contributed by atoms with Crippen molar-refractivity contribution in [2.75, 3.05) is 26.2 Å². The Labute approximate surface area is 177 Å². The Morgan fingerprint density at radius 1 is 1.14 bits per heavy atom. The van der Waals surface area contributed by atoms with E-state index in [0.29, 0.717) is 31.8 Å². The first-order chi connectivity index (χ1) is 13.9. The lowest BCUT2D eigenvalue weighted by atomic mass is 10.0. The molecule has 0 saturated carbocycles. The molecule has 0 aliphatic carbocycles. The lowest BCUT2D eigenvalue weighted by Gasteiger charge is -2.33. The first-order valence-electron chi connectivity index (χ1n) is 8.93. The molecule has 10 heteroatoms. The van der Waals surface area contributed by atoms with E-state index in [0.717, 1.165) is 0 Å². The number of rotatable bonds is 4. The highest BCUT2D eigenvalue weighted by Gasteiger charge is 2.33. The molecular formula is C19H18ClN3O4S2. The van der Waals surface area contributed by atoms with Gasteiger partial charge in [0.2, 0.25) is 0 Å². The summed E-state index contributed by atoms with van der Waals surface area (Å²) in [5.74, 6) is 0.158. The highest BCUT2D eigenvalue weighted by atomic mass is 35.5. The average molecular weight is 452 g/mol. The maximum atomic E-state index is 13.2. The summed E-state index contributed by atoms with van der Waals surface area (Å²) in [6, 6.07) is 10.4. The molecule has 152 valence electrons. The quantitative estimate of drug-likeness (QED) is 0.606. The fourth-order valence-electron chi connectivity index (χ4n) is 3.29. The molecule has 1 fully saturated rings. The molecule has 1 amide bonds. The zero-order chi connectivity index (χ0) is 20.6. The molecule has 3 heterocycles. The summed E-state index contributed by atoms with van der Waals surface area (Å²) >= 11 is 7.46. The van der Waals surface area contributed by atoms with Gasteiger partial charge in [-0.2, -0.15) is 4.31 Å². The standard InChI is InChI=1S/C19H18ClN3O4S2/c1-13-17(18(21-27-13)14-5-2-3-6-15(14)20)19(24)22-8-10-23(11-9-22)29(25,26)16-7-4-12-28-16/h2-7,12H,8-11H2,1H3. The molecule has 4 rings (SSSR count). The summed E-state index contributed by atoms with van der Waals surface area (Å²) in [7, 11) is -3.52. The lowest BCUT2D eigenvalue weighted by molar-refractivity contribution is 0.0697. The number of halogens is 1. The van der Waals surface area contributed by atoms with Gasteiger partial charge in [-0.05, 0) is 24.4 Å². The van der Waals surface area contributed by atoms with Gasteiger partial charge in [-0.3, -0.25) is 4.79 Å². The molecule has 0 atom stereocenters. The van der Waals surface area contributed by atoms with Crippen LogP contribution in [0.1, 0.15) is 16.1 Å². The van der Waals surface area contributed by atoms with Gasteiger partial charge in [-0.25, -0.2) is 8.42 Å². The van der Waals surface area contributed by atoms with Crippen LogP contribution in [0.25, 0.3) is 11.3 Å². The van der Waals surface area contributed by atoms with E-state index in [4.69, 9.17) is 16.1 Å². The monoisotopic (exact) mass is 451 g/mol. The van der Waals surface area contributed by atoms with E-state index in [-0.39, 0.29) is 32.1 Å². The molecule has 0 unspecified atom stereocenters. The van der Waals surface area contributed by atoms with Crippen molar-refractivity contribution >= 4 is 38.9 Å². The van der Waals surface area contributed by atoms with Gasteiger partial charge in [0.15, 0.2) is 0 Å². The van der Waals surface area contributed by atoms with Crippen molar-refractivity contribution in [1.82, 2.24) is 14.4 Å². The molecular weight excluding hydrogens is 434 g/mol. The fourth-order valence-corrected chi connectivity index (χ4v) is 6.08. The van der Waals surface area contributed by atoms with Crippen LogP contribution in [0.4, 0.5) is 0 Å². The van der Waals surface area contributed by atoms with Crippen molar-refractivity contribution < 1.29 is 17.7 Å². The van der Waals surface area contributed by atoms with Crippen LogP contribution >= 0.6 is 22.9 Å². The van der Waals surface area contributed by atoms with E-state index in [1.54, 1.807) is 47.5 Å².